The maximum Gasteiger partial charge on any atom is 0.277 e. The van der Waals surface area contributed by atoms with Crippen LogP contribution in [0.4, 0.5) is 0 Å². The second-order valence-corrected chi connectivity index (χ2v) is 5.91. The van der Waals surface area contributed by atoms with Crippen LogP contribution < -0.4 is 10.2 Å². The van der Waals surface area contributed by atoms with Gasteiger partial charge in [-0.05, 0) is 36.1 Å². The molecule has 2 aromatic rings. The molecular weight excluding hydrogens is 314 g/mol. The van der Waals surface area contributed by atoms with Crippen molar-refractivity contribution in [1.82, 2.24) is 5.43 Å². The molecule has 0 saturated heterocycles. The zero-order chi connectivity index (χ0) is 18.2. The van der Waals surface area contributed by atoms with E-state index in [0.717, 1.165) is 5.56 Å². The molecule has 5 heteroatoms. The first kappa shape index (κ1) is 18.2. The van der Waals surface area contributed by atoms with Gasteiger partial charge in [-0.25, -0.2) is 5.43 Å². The standard InChI is InChI=1S/C20H21N3O2/c1-14(2)16-8-10-17(11-9-16)15(3)22-23-20(24)13-25-19-7-5-4-6-18(19)12-21/h4-11,14H,13H2,1-3H3,(H,23,24)/b22-15-. The van der Waals surface area contributed by atoms with Gasteiger partial charge < -0.3 is 4.74 Å². The lowest BCUT2D eigenvalue weighted by Gasteiger charge is -2.08. The number of ether oxygens (including phenoxy) is 1. The van der Waals surface area contributed by atoms with Crippen molar-refractivity contribution < 1.29 is 9.53 Å². The fourth-order valence-electron chi connectivity index (χ4n) is 2.18. The molecule has 0 aliphatic rings. The third kappa shape index (κ3) is 5.18. The van der Waals surface area contributed by atoms with E-state index in [4.69, 9.17) is 10.00 Å². The normalized spacial score (nSPS) is 11.1. The summed E-state index contributed by atoms with van der Waals surface area (Å²) in [6.45, 7) is 5.90. The smallest absolute Gasteiger partial charge is 0.277 e. The molecule has 0 saturated carbocycles. The van der Waals surface area contributed by atoms with Crippen molar-refractivity contribution in [2.75, 3.05) is 6.61 Å². The van der Waals surface area contributed by atoms with Crippen molar-refractivity contribution in [3.8, 4) is 11.8 Å². The second kappa shape index (κ2) is 8.65. The minimum atomic E-state index is -0.383. The average molecular weight is 335 g/mol. The van der Waals surface area contributed by atoms with Gasteiger partial charge >= 0.3 is 0 Å². The SMILES string of the molecule is C/C(=N/NC(=O)COc1ccccc1C#N)c1ccc(C(C)C)cc1. The molecule has 0 unspecified atom stereocenters. The highest BCUT2D eigenvalue weighted by Gasteiger charge is 2.06. The molecule has 5 nitrogen and oxygen atoms in total. The molecule has 0 aliphatic heterocycles. The summed E-state index contributed by atoms with van der Waals surface area (Å²) in [7, 11) is 0. The number of nitriles is 1. The molecule has 0 heterocycles. The molecule has 0 spiro atoms. The van der Waals surface area contributed by atoms with Gasteiger partial charge in [0.2, 0.25) is 0 Å². The molecule has 2 rings (SSSR count). The van der Waals surface area contributed by atoms with Crippen molar-refractivity contribution in [3.63, 3.8) is 0 Å². The van der Waals surface area contributed by atoms with Crippen LogP contribution in [0.3, 0.4) is 0 Å². The highest BCUT2D eigenvalue weighted by molar-refractivity contribution is 5.99. The van der Waals surface area contributed by atoms with Crippen LogP contribution in [0.5, 0.6) is 5.75 Å². The average Bonchev–Trinajstić information content (AvgIpc) is 2.64. The Balaban J connectivity index is 1.92. The molecule has 0 fully saturated rings. The van der Waals surface area contributed by atoms with Gasteiger partial charge in [0.1, 0.15) is 11.8 Å². The van der Waals surface area contributed by atoms with Crippen LogP contribution in [0.2, 0.25) is 0 Å². The summed E-state index contributed by atoms with van der Waals surface area (Å²) in [4.78, 5) is 11.9. The molecule has 2 aromatic carbocycles. The van der Waals surface area contributed by atoms with Crippen LogP contribution in [0.25, 0.3) is 0 Å². The number of nitrogens with zero attached hydrogens (tertiary/aromatic N) is 2. The van der Waals surface area contributed by atoms with Gasteiger partial charge in [0.05, 0.1) is 11.3 Å². The molecule has 1 amide bonds. The number of hydrogen-bond acceptors (Lipinski definition) is 4. The molecule has 0 aromatic heterocycles. The summed E-state index contributed by atoms with van der Waals surface area (Å²) < 4.78 is 5.37. The van der Waals surface area contributed by atoms with Gasteiger partial charge in [0, 0.05) is 0 Å². The summed E-state index contributed by atoms with van der Waals surface area (Å²) in [5.41, 5.74) is 5.77. The predicted octanol–water partition coefficient (Wildman–Crippen LogP) is 3.60. The summed E-state index contributed by atoms with van der Waals surface area (Å²) in [5.74, 6) is 0.468. The predicted molar refractivity (Wildman–Crippen MR) is 97.5 cm³/mol. The topological polar surface area (TPSA) is 74.5 Å². The highest BCUT2D eigenvalue weighted by atomic mass is 16.5. The van der Waals surface area contributed by atoms with Gasteiger partial charge in [-0.2, -0.15) is 10.4 Å². The van der Waals surface area contributed by atoms with Gasteiger partial charge in [-0.15, -0.1) is 0 Å². The number of hydrogen-bond donors (Lipinski definition) is 1. The van der Waals surface area contributed by atoms with E-state index in [2.05, 4.69) is 36.5 Å². The van der Waals surface area contributed by atoms with E-state index < -0.39 is 0 Å². The van der Waals surface area contributed by atoms with E-state index in [-0.39, 0.29) is 12.5 Å². The number of nitrogens with one attached hydrogen (secondary N) is 1. The summed E-state index contributed by atoms with van der Waals surface area (Å²) >= 11 is 0. The number of para-hydroxylation sites is 1. The summed E-state index contributed by atoms with van der Waals surface area (Å²) in [6.07, 6.45) is 0. The Morgan fingerprint density at radius 3 is 2.52 bits per heavy atom. The lowest BCUT2D eigenvalue weighted by molar-refractivity contribution is -0.123. The molecular formula is C20H21N3O2. The number of carbonyl (C=O) groups excluding carboxylic acids is 1. The first-order valence-corrected chi connectivity index (χ1v) is 8.06. The molecule has 1 N–H and O–H groups in total. The first-order chi connectivity index (χ1) is 12.0. The zero-order valence-corrected chi connectivity index (χ0v) is 14.6. The Morgan fingerprint density at radius 2 is 1.88 bits per heavy atom. The first-order valence-electron chi connectivity index (χ1n) is 8.06. The van der Waals surface area contributed by atoms with Crippen LogP contribution in [-0.2, 0) is 4.79 Å². The quantitative estimate of drug-likeness (QED) is 0.647. The molecule has 0 atom stereocenters. The molecule has 25 heavy (non-hydrogen) atoms. The third-order valence-electron chi connectivity index (χ3n) is 3.71. The molecule has 0 bridgehead atoms. The molecule has 128 valence electrons. The minimum absolute atomic E-state index is 0.207. The number of hydrazone groups is 1. The third-order valence-corrected chi connectivity index (χ3v) is 3.71. The van der Waals surface area contributed by atoms with Crippen molar-refractivity contribution >= 4 is 11.6 Å². The zero-order valence-electron chi connectivity index (χ0n) is 14.6. The van der Waals surface area contributed by atoms with Crippen molar-refractivity contribution in [2.45, 2.75) is 26.7 Å². The Bertz CT molecular complexity index is 802. The molecule has 0 radical (unpaired) electrons. The molecule has 0 aliphatic carbocycles. The van der Waals surface area contributed by atoms with E-state index in [1.54, 1.807) is 24.3 Å². The summed E-state index contributed by atoms with van der Waals surface area (Å²) in [5, 5.41) is 13.1. The number of carbonyl (C=O) groups is 1. The largest absolute Gasteiger partial charge is 0.482 e. The summed E-state index contributed by atoms with van der Waals surface area (Å²) in [6, 6.07) is 16.9. The number of benzene rings is 2. The fraction of sp³-hybridized carbons (Fsp3) is 0.250. The van der Waals surface area contributed by atoms with Crippen LogP contribution >= 0.6 is 0 Å². The van der Waals surface area contributed by atoms with E-state index in [1.807, 2.05) is 25.1 Å². The van der Waals surface area contributed by atoms with Gasteiger partial charge in [0.15, 0.2) is 6.61 Å². The second-order valence-electron chi connectivity index (χ2n) is 5.91. The monoisotopic (exact) mass is 335 g/mol. The van der Waals surface area contributed by atoms with E-state index >= 15 is 0 Å². The van der Waals surface area contributed by atoms with Gasteiger partial charge in [-0.1, -0.05) is 50.2 Å². The lowest BCUT2D eigenvalue weighted by atomic mass is 10.0. The Hall–Kier alpha value is -3.13. The van der Waals surface area contributed by atoms with Crippen LogP contribution in [0.15, 0.2) is 53.6 Å². The number of amides is 1. The van der Waals surface area contributed by atoms with Crippen LogP contribution in [0, 0.1) is 11.3 Å². The Kier molecular flexibility index (Phi) is 6.30. The van der Waals surface area contributed by atoms with Crippen molar-refractivity contribution in [3.05, 3.63) is 65.2 Å². The fourth-order valence-corrected chi connectivity index (χ4v) is 2.18. The lowest BCUT2D eigenvalue weighted by Crippen LogP contribution is -2.25. The van der Waals surface area contributed by atoms with Crippen LogP contribution in [-0.4, -0.2) is 18.2 Å². The van der Waals surface area contributed by atoms with Crippen molar-refractivity contribution in [2.24, 2.45) is 5.10 Å². The van der Waals surface area contributed by atoms with Crippen LogP contribution in [0.1, 0.15) is 43.4 Å². The minimum Gasteiger partial charge on any atom is -0.482 e. The Labute approximate surface area is 147 Å². The highest BCUT2D eigenvalue weighted by Crippen LogP contribution is 2.16. The number of rotatable bonds is 6. The maximum atomic E-state index is 11.9. The van der Waals surface area contributed by atoms with Gasteiger partial charge in [0.25, 0.3) is 5.91 Å². The van der Waals surface area contributed by atoms with Crippen molar-refractivity contribution in [1.29, 1.82) is 5.26 Å². The maximum absolute atomic E-state index is 11.9. The Morgan fingerprint density at radius 1 is 1.20 bits per heavy atom. The van der Waals surface area contributed by atoms with E-state index in [9.17, 15) is 4.79 Å². The van der Waals surface area contributed by atoms with Gasteiger partial charge in [-0.3, -0.25) is 4.79 Å². The van der Waals surface area contributed by atoms with E-state index in [0.29, 0.717) is 22.9 Å². The van der Waals surface area contributed by atoms with E-state index in [1.165, 1.54) is 5.56 Å².